The third-order valence-electron chi connectivity index (χ3n) is 4.27. The summed E-state index contributed by atoms with van der Waals surface area (Å²) in [6.07, 6.45) is 0.835. The van der Waals surface area contributed by atoms with Crippen molar-refractivity contribution in [2.45, 2.75) is 32.9 Å². The minimum Gasteiger partial charge on any atom is -0.419 e. The van der Waals surface area contributed by atoms with E-state index in [0.717, 1.165) is 17.4 Å². The van der Waals surface area contributed by atoms with Crippen molar-refractivity contribution in [3.8, 4) is 10.8 Å². The van der Waals surface area contributed by atoms with Gasteiger partial charge >= 0.3 is 0 Å². The quantitative estimate of drug-likeness (QED) is 0.563. The van der Waals surface area contributed by atoms with Crippen molar-refractivity contribution in [3.05, 3.63) is 58.8 Å². The number of nitrogens with zero attached hydrogens (tertiary/aromatic N) is 3. The molecular formula is C20H22F2N4O2S. The molecule has 0 aliphatic carbocycles. The summed E-state index contributed by atoms with van der Waals surface area (Å²) in [6, 6.07) is 6.54. The van der Waals surface area contributed by atoms with Crippen LogP contribution in [0.15, 0.2) is 40.1 Å². The number of hydrogen-bond acceptors (Lipinski definition) is 6. The average Bonchev–Trinajstić information content (AvgIpc) is 3.33. The van der Waals surface area contributed by atoms with Gasteiger partial charge in [0.15, 0.2) is 0 Å². The molecule has 1 amide bonds. The largest absolute Gasteiger partial charge is 0.419 e. The van der Waals surface area contributed by atoms with E-state index in [1.54, 1.807) is 6.92 Å². The molecule has 6 nitrogen and oxygen atoms in total. The average molecular weight is 420 g/mol. The summed E-state index contributed by atoms with van der Waals surface area (Å²) in [5.41, 5.74) is 0.235. The number of carbonyl (C=O) groups excluding carboxylic acids is 1. The number of benzene rings is 1. The minimum absolute atomic E-state index is 0.0949. The van der Waals surface area contributed by atoms with Gasteiger partial charge < -0.3 is 9.73 Å². The molecule has 3 aromatic rings. The summed E-state index contributed by atoms with van der Waals surface area (Å²) in [5.74, 6) is -0.730. The van der Waals surface area contributed by atoms with Gasteiger partial charge in [0.1, 0.15) is 11.6 Å². The lowest BCUT2D eigenvalue weighted by atomic mass is 10.1. The molecule has 2 heterocycles. The van der Waals surface area contributed by atoms with E-state index < -0.39 is 17.7 Å². The maximum atomic E-state index is 13.9. The fraction of sp³-hybridized carbons (Fsp3) is 0.350. The van der Waals surface area contributed by atoms with Gasteiger partial charge in [-0.3, -0.25) is 9.69 Å². The Labute approximate surface area is 171 Å². The van der Waals surface area contributed by atoms with E-state index in [1.165, 1.54) is 23.5 Å². The van der Waals surface area contributed by atoms with Crippen LogP contribution in [-0.4, -0.2) is 34.1 Å². The third-order valence-corrected chi connectivity index (χ3v) is 5.13. The first kappa shape index (κ1) is 21.1. The van der Waals surface area contributed by atoms with Gasteiger partial charge in [-0.2, -0.15) is 0 Å². The summed E-state index contributed by atoms with van der Waals surface area (Å²) < 4.78 is 32.7. The van der Waals surface area contributed by atoms with Crippen LogP contribution < -0.4 is 5.32 Å². The number of rotatable bonds is 9. The number of nitrogens with one attached hydrogen (secondary N) is 1. The standard InChI is InChI=1S/C20H22F2N4O2S/c1-3-8-26(12-19-24-25-20(28-19)17-5-4-9-29-17)11-18(27)23-13(2)15-7-6-14(21)10-16(15)22/h4-7,9-10,13H,3,8,11-12H2,1-2H3,(H,23,27)/t13-/m1/s1. The van der Waals surface area contributed by atoms with Crippen LogP contribution in [-0.2, 0) is 11.3 Å². The second-order valence-corrected chi connectivity index (χ2v) is 7.59. The molecule has 0 unspecified atom stereocenters. The van der Waals surface area contributed by atoms with E-state index in [2.05, 4.69) is 15.5 Å². The van der Waals surface area contributed by atoms with Gasteiger partial charge in [0.25, 0.3) is 5.89 Å². The SMILES string of the molecule is CCCN(CC(=O)N[C@H](C)c1ccc(F)cc1F)Cc1nnc(-c2cccs2)o1. The van der Waals surface area contributed by atoms with Crippen LogP contribution >= 0.6 is 11.3 Å². The van der Waals surface area contributed by atoms with Gasteiger partial charge in [0.05, 0.1) is 24.0 Å². The summed E-state index contributed by atoms with van der Waals surface area (Å²) in [6.45, 7) is 4.75. The smallest absolute Gasteiger partial charge is 0.257 e. The molecule has 0 aliphatic heterocycles. The maximum Gasteiger partial charge on any atom is 0.257 e. The van der Waals surface area contributed by atoms with Gasteiger partial charge in [-0.1, -0.05) is 19.1 Å². The number of hydrogen-bond donors (Lipinski definition) is 1. The predicted octanol–water partition coefficient (Wildman–Crippen LogP) is 4.17. The van der Waals surface area contributed by atoms with Gasteiger partial charge in [-0.05, 0) is 37.4 Å². The molecule has 0 radical (unpaired) electrons. The highest BCUT2D eigenvalue weighted by Crippen LogP contribution is 2.23. The zero-order valence-electron chi connectivity index (χ0n) is 16.2. The Kier molecular flexibility index (Phi) is 7.05. The normalized spacial score (nSPS) is 12.3. The van der Waals surface area contributed by atoms with E-state index in [0.29, 0.717) is 24.9 Å². The molecule has 9 heteroatoms. The number of aromatic nitrogens is 2. The highest BCUT2D eigenvalue weighted by molar-refractivity contribution is 7.13. The van der Waals surface area contributed by atoms with E-state index in [1.807, 2.05) is 29.3 Å². The molecule has 1 N–H and O–H groups in total. The second-order valence-electron chi connectivity index (χ2n) is 6.64. The Morgan fingerprint density at radius 2 is 2.14 bits per heavy atom. The van der Waals surface area contributed by atoms with Crippen molar-refractivity contribution in [1.29, 1.82) is 0 Å². The van der Waals surface area contributed by atoms with Crippen molar-refractivity contribution < 1.29 is 18.0 Å². The minimum atomic E-state index is -0.685. The maximum absolute atomic E-state index is 13.9. The van der Waals surface area contributed by atoms with Crippen LogP contribution in [0, 0.1) is 11.6 Å². The Morgan fingerprint density at radius 3 is 2.83 bits per heavy atom. The van der Waals surface area contributed by atoms with Crippen LogP contribution in [0.25, 0.3) is 10.8 Å². The highest BCUT2D eigenvalue weighted by atomic mass is 32.1. The molecule has 0 aliphatic rings. The zero-order valence-corrected chi connectivity index (χ0v) is 17.0. The number of amides is 1. The zero-order chi connectivity index (χ0) is 20.8. The Hall–Kier alpha value is -2.65. The lowest BCUT2D eigenvalue weighted by Crippen LogP contribution is -2.38. The van der Waals surface area contributed by atoms with Crippen LogP contribution in [0.5, 0.6) is 0 Å². The topological polar surface area (TPSA) is 71.3 Å². The Balaban J connectivity index is 1.60. The summed E-state index contributed by atoms with van der Waals surface area (Å²) in [5, 5.41) is 12.8. The molecular weight excluding hydrogens is 398 g/mol. The van der Waals surface area contributed by atoms with E-state index in [4.69, 9.17) is 4.42 Å². The molecule has 0 saturated carbocycles. The van der Waals surface area contributed by atoms with Crippen molar-refractivity contribution in [2.75, 3.05) is 13.1 Å². The summed E-state index contributed by atoms with van der Waals surface area (Å²) in [7, 11) is 0. The van der Waals surface area contributed by atoms with Gasteiger partial charge in [0, 0.05) is 11.6 Å². The lowest BCUT2D eigenvalue weighted by Gasteiger charge is -2.21. The van der Waals surface area contributed by atoms with E-state index in [-0.39, 0.29) is 18.0 Å². The molecule has 0 fully saturated rings. The van der Waals surface area contributed by atoms with Crippen molar-refractivity contribution in [1.82, 2.24) is 20.4 Å². The molecule has 0 saturated heterocycles. The monoisotopic (exact) mass is 420 g/mol. The summed E-state index contributed by atoms with van der Waals surface area (Å²) >= 11 is 1.51. The van der Waals surface area contributed by atoms with Crippen LogP contribution in [0.1, 0.15) is 37.8 Å². The van der Waals surface area contributed by atoms with Crippen molar-refractivity contribution >= 4 is 17.2 Å². The highest BCUT2D eigenvalue weighted by Gasteiger charge is 2.18. The van der Waals surface area contributed by atoms with Gasteiger partial charge in [-0.25, -0.2) is 8.78 Å². The fourth-order valence-corrected chi connectivity index (χ4v) is 3.60. The number of carbonyl (C=O) groups is 1. The van der Waals surface area contributed by atoms with Crippen molar-refractivity contribution in [2.24, 2.45) is 0 Å². The molecule has 0 bridgehead atoms. The number of thiophene rings is 1. The van der Waals surface area contributed by atoms with Crippen LogP contribution in [0.3, 0.4) is 0 Å². The third kappa shape index (κ3) is 5.68. The molecule has 2 aromatic heterocycles. The second kappa shape index (κ2) is 9.71. The van der Waals surface area contributed by atoms with Crippen LogP contribution in [0.4, 0.5) is 8.78 Å². The van der Waals surface area contributed by atoms with Gasteiger partial charge in [0.2, 0.25) is 11.8 Å². The first-order chi connectivity index (χ1) is 14.0. The fourth-order valence-electron chi connectivity index (χ4n) is 2.96. The first-order valence-electron chi connectivity index (χ1n) is 9.29. The Bertz CT molecular complexity index is 946. The van der Waals surface area contributed by atoms with Crippen LogP contribution in [0.2, 0.25) is 0 Å². The molecule has 29 heavy (non-hydrogen) atoms. The lowest BCUT2D eigenvalue weighted by molar-refractivity contribution is -0.123. The Morgan fingerprint density at radius 1 is 1.31 bits per heavy atom. The first-order valence-corrected chi connectivity index (χ1v) is 10.2. The van der Waals surface area contributed by atoms with E-state index in [9.17, 15) is 13.6 Å². The predicted molar refractivity (Wildman–Crippen MR) is 106 cm³/mol. The summed E-state index contributed by atoms with van der Waals surface area (Å²) in [4.78, 5) is 15.2. The van der Waals surface area contributed by atoms with Crippen molar-refractivity contribution in [3.63, 3.8) is 0 Å². The molecule has 3 rings (SSSR count). The molecule has 154 valence electrons. The van der Waals surface area contributed by atoms with Gasteiger partial charge in [-0.15, -0.1) is 21.5 Å². The number of halogens is 2. The molecule has 1 atom stereocenters. The van der Waals surface area contributed by atoms with E-state index >= 15 is 0 Å². The molecule has 1 aromatic carbocycles. The molecule has 0 spiro atoms.